The fraction of sp³-hybridized carbons (Fsp3) is 0.0476. The lowest BCUT2D eigenvalue weighted by Gasteiger charge is -2.10. The Morgan fingerprint density at radius 3 is 2.38 bits per heavy atom. The molecule has 0 spiro atoms. The molecule has 0 atom stereocenters. The van der Waals surface area contributed by atoms with Crippen molar-refractivity contribution in [3.8, 4) is 0 Å². The molecule has 0 aromatic heterocycles. The van der Waals surface area contributed by atoms with Crippen LogP contribution < -0.4 is 10.0 Å². The Morgan fingerprint density at radius 1 is 1.00 bits per heavy atom. The summed E-state index contributed by atoms with van der Waals surface area (Å²) in [5.41, 5.74) is -1.04. The van der Waals surface area contributed by atoms with Crippen LogP contribution in [0.1, 0.15) is 10.4 Å². The zero-order chi connectivity index (χ0) is 24.9. The molecule has 34 heavy (non-hydrogen) atoms. The van der Waals surface area contributed by atoms with Crippen LogP contribution in [0.15, 0.2) is 71.6 Å². The van der Waals surface area contributed by atoms with Crippen LogP contribution in [0, 0.1) is 21.7 Å². The van der Waals surface area contributed by atoms with Crippen molar-refractivity contribution in [2.75, 3.05) is 16.6 Å². The number of ether oxygens (including phenoxy) is 1. The zero-order valence-electron chi connectivity index (χ0n) is 17.0. The number of halogens is 2. The molecule has 3 rings (SSSR count). The maximum absolute atomic E-state index is 13.8. The molecule has 13 heteroatoms. The molecule has 2 N–H and O–H groups in total. The second-order valence-electron chi connectivity index (χ2n) is 6.69. The topological polar surface area (TPSA) is 145 Å². The van der Waals surface area contributed by atoms with Gasteiger partial charge >= 0.3 is 5.97 Å². The highest BCUT2D eigenvalue weighted by Crippen LogP contribution is 2.21. The van der Waals surface area contributed by atoms with Crippen molar-refractivity contribution in [2.45, 2.75) is 4.90 Å². The van der Waals surface area contributed by atoms with Gasteiger partial charge in [-0.05, 0) is 48.5 Å². The molecule has 0 saturated heterocycles. The third-order valence-corrected chi connectivity index (χ3v) is 5.62. The van der Waals surface area contributed by atoms with Crippen LogP contribution in [-0.2, 0) is 19.6 Å². The molecule has 0 heterocycles. The number of anilines is 2. The number of nitrogens with zero attached hydrogens (tertiary/aromatic N) is 1. The van der Waals surface area contributed by atoms with Crippen LogP contribution in [0.2, 0.25) is 0 Å². The normalized spacial score (nSPS) is 10.9. The van der Waals surface area contributed by atoms with E-state index >= 15 is 0 Å². The minimum Gasteiger partial charge on any atom is -0.452 e. The van der Waals surface area contributed by atoms with E-state index in [2.05, 4.69) is 10.0 Å². The second-order valence-corrected chi connectivity index (χ2v) is 8.37. The zero-order valence-corrected chi connectivity index (χ0v) is 17.8. The lowest BCUT2D eigenvalue weighted by atomic mass is 10.2. The Labute approximate surface area is 191 Å². The number of nitrogens with one attached hydrogen (secondary N) is 2. The van der Waals surface area contributed by atoms with E-state index in [1.54, 1.807) is 0 Å². The third-order valence-electron chi connectivity index (χ3n) is 4.25. The first-order valence-electron chi connectivity index (χ1n) is 9.34. The first-order chi connectivity index (χ1) is 16.0. The largest absolute Gasteiger partial charge is 0.452 e. The number of benzene rings is 3. The molecular weight excluding hydrogens is 476 g/mol. The maximum Gasteiger partial charge on any atom is 0.338 e. The SMILES string of the molecule is O=C(COC(=O)c1cccc(S(=O)(=O)Nc2ccc(F)cc2)c1)Nc1cc([N+](=O)[O-])ccc1F. The Balaban J connectivity index is 1.65. The van der Waals surface area contributed by atoms with Gasteiger partial charge in [0.05, 0.1) is 21.1 Å². The average molecular weight is 491 g/mol. The molecule has 176 valence electrons. The fourth-order valence-corrected chi connectivity index (χ4v) is 3.75. The van der Waals surface area contributed by atoms with Crippen LogP contribution in [-0.4, -0.2) is 31.8 Å². The van der Waals surface area contributed by atoms with Crippen molar-refractivity contribution in [1.29, 1.82) is 0 Å². The highest BCUT2D eigenvalue weighted by atomic mass is 32.2. The first kappa shape index (κ1) is 24.3. The number of sulfonamides is 1. The number of amides is 1. The molecular formula is C21H15F2N3O7S. The third kappa shape index (κ3) is 6.10. The van der Waals surface area contributed by atoms with E-state index in [9.17, 15) is 36.9 Å². The summed E-state index contributed by atoms with van der Waals surface area (Å²) in [4.78, 5) is 33.9. The van der Waals surface area contributed by atoms with Gasteiger partial charge in [-0.1, -0.05) is 6.07 Å². The maximum atomic E-state index is 13.8. The highest BCUT2D eigenvalue weighted by molar-refractivity contribution is 7.92. The van der Waals surface area contributed by atoms with E-state index < -0.39 is 56.4 Å². The lowest BCUT2D eigenvalue weighted by Crippen LogP contribution is -2.21. The standard InChI is InChI=1S/C21H15F2N3O7S/c22-14-4-6-15(7-5-14)25-34(31,32)17-3-1-2-13(10-17)21(28)33-12-20(27)24-19-11-16(26(29)30)8-9-18(19)23/h1-11,25H,12H2,(H,24,27). The van der Waals surface area contributed by atoms with Gasteiger partial charge in [0.2, 0.25) is 0 Å². The molecule has 0 radical (unpaired) electrons. The van der Waals surface area contributed by atoms with Crippen LogP contribution in [0.25, 0.3) is 0 Å². The predicted octanol–water partition coefficient (Wildman–Crippen LogP) is 3.47. The van der Waals surface area contributed by atoms with E-state index in [4.69, 9.17) is 4.74 Å². The number of hydrogen-bond donors (Lipinski definition) is 2. The minimum atomic E-state index is -4.13. The molecule has 0 aliphatic carbocycles. The number of nitro benzene ring substituents is 1. The summed E-state index contributed by atoms with van der Waals surface area (Å²) in [6.07, 6.45) is 0. The smallest absolute Gasteiger partial charge is 0.338 e. The summed E-state index contributed by atoms with van der Waals surface area (Å²) in [6.45, 7) is -0.869. The average Bonchev–Trinajstić information content (AvgIpc) is 2.80. The van der Waals surface area contributed by atoms with Crippen LogP contribution in [0.3, 0.4) is 0 Å². The molecule has 3 aromatic carbocycles. The number of esters is 1. The van der Waals surface area contributed by atoms with E-state index in [1.807, 2.05) is 0 Å². The van der Waals surface area contributed by atoms with Gasteiger partial charge in [-0.15, -0.1) is 0 Å². The van der Waals surface area contributed by atoms with E-state index in [0.717, 1.165) is 36.4 Å². The summed E-state index contributed by atoms with van der Waals surface area (Å²) >= 11 is 0. The number of hydrogen-bond acceptors (Lipinski definition) is 7. The van der Waals surface area contributed by atoms with Gasteiger partial charge in [0.25, 0.3) is 21.6 Å². The summed E-state index contributed by atoms with van der Waals surface area (Å²) < 4.78 is 58.9. The predicted molar refractivity (Wildman–Crippen MR) is 116 cm³/mol. The molecule has 0 saturated carbocycles. The van der Waals surface area contributed by atoms with E-state index in [-0.39, 0.29) is 16.1 Å². The van der Waals surface area contributed by atoms with Gasteiger partial charge in [-0.2, -0.15) is 0 Å². The summed E-state index contributed by atoms with van der Waals surface area (Å²) in [5.74, 6) is -3.51. The van der Waals surface area contributed by atoms with Crippen LogP contribution in [0.5, 0.6) is 0 Å². The van der Waals surface area contributed by atoms with Crippen molar-refractivity contribution in [1.82, 2.24) is 0 Å². The molecule has 0 bridgehead atoms. The molecule has 0 aliphatic rings. The van der Waals surface area contributed by atoms with Crippen molar-refractivity contribution in [2.24, 2.45) is 0 Å². The van der Waals surface area contributed by atoms with Gasteiger partial charge in [0, 0.05) is 17.8 Å². The lowest BCUT2D eigenvalue weighted by molar-refractivity contribution is -0.384. The van der Waals surface area contributed by atoms with E-state index in [0.29, 0.717) is 0 Å². The monoisotopic (exact) mass is 491 g/mol. The first-order valence-corrected chi connectivity index (χ1v) is 10.8. The van der Waals surface area contributed by atoms with Crippen LogP contribution in [0.4, 0.5) is 25.8 Å². The number of carbonyl (C=O) groups excluding carboxylic acids is 2. The number of nitro groups is 1. The van der Waals surface area contributed by atoms with Crippen molar-refractivity contribution in [3.63, 3.8) is 0 Å². The quantitative estimate of drug-likeness (QED) is 0.279. The molecule has 0 unspecified atom stereocenters. The fourth-order valence-electron chi connectivity index (χ4n) is 2.65. The van der Waals surface area contributed by atoms with Gasteiger partial charge < -0.3 is 10.1 Å². The van der Waals surface area contributed by atoms with Gasteiger partial charge in [0.1, 0.15) is 11.6 Å². The molecule has 3 aromatic rings. The van der Waals surface area contributed by atoms with E-state index in [1.165, 1.54) is 30.3 Å². The van der Waals surface area contributed by atoms with Gasteiger partial charge in [0.15, 0.2) is 6.61 Å². The Hall–Kier alpha value is -4.39. The molecule has 1 amide bonds. The number of rotatable bonds is 8. The highest BCUT2D eigenvalue weighted by Gasteiger charge is 2.19. The molecule has 0 aliphatic heterocycles. The molecule has 0 fully saturated rings. The second kappa shape index (κ2) is 10.0. The summed E-state index contributed by atoms with van der Waals surface area (Å²) in [6, 6.07) is 11.8. The van der Waals surface area contributed by atoms with Crippen LogP contribution >= 0.6 is 0 Å². The Bertz CT molecular complexity index is 1360. The Kier molecular flexibility index (Phi) is 7.16. The Morgan fingerprint density at radius 2 is 1.71 bits per heavy atom. The van der Waals surface area contributed by atoms with Crippen molar-refractivity contribution >= 4 is 39.0 Å². The number of non-ortho nitro benzene ring substituents is 1. The minimum absolute atomic E-state index is 0.0967. The van der Waals surface area contributed by atoms with Gasteiger partial charge in [-0.25, -0.2) is 22.0 Å². The summed E-state index contributed by atoms with van der Waals surface area (Å²) in [5, 5.41) is 12.8. The van der Waals surface area contributed by atoms with Gasteiger partial charge in [-0.3, -0.25) is 19.6 Å². The summed E-state index contributed by atoms with van der Waals surface area (Å²) in [7, 11) is -4.13. The molecule has 10 nitrogen and oxygen atoms in total. The van der Waals surface area contributed by atoms with Crippen molar-refractivity contribution in [3.05, 3.63) is 94.0 Å². The number of carbonyl (C=O) groups is 2. The van der Waals surface area contributed by atoms with Crippen molar-refractivity contribution < 1.29 is 36.4 Å².